The molecule has 2 aromatic heterocycles. The van der Waals surface area contributed by atoms with Gasteiger partial charge in [0.2, 0.25) is 5.91 Å². The molecule has 0 bridgehead atoms. The summed E-state index contributed by atoms with van der Waals surface area (Å²) >= 11 is 0. The summed E-state index contributed by atoms with van der Waals surface area (Å²) in [6, 6.07) is 1.91. The molecule has 3 N–H and O–H groups in total. The molecule has 0 aliphatic heterocycles. The number of nitrogens with one attached hydrogen (secondary N) is 3. The van der Waals surface area contributed by atoms with Gasteiger partial charge in [0.25, 0.3) is 0 Å². The molecule has 0 unspecified atom stereocenters. The van der Waals surface area contributed by atoms with Crippen molar-refractivity contribution in [2.75, 3.05) is 5.32 Å². The number of hydrogen-bond donors (Lipinski definition) is 3. The highest BCUT2D eigenvalue weighted by Crippen LogP contribution is 2.49. The monoisotopic (exact) mass is 426 g/mol. The van der Waals surface area contributed by atoms with Crippen LogP contribution in [0.4, 0.5) is 10.6 Å². The van der Waals surface area contributed by atoms with Crippen LogP contribution in [0.5, 0.6) is 0 Å². The quantitative estimate of drug-likeness (QED) is 0.657. The molecular formula is C22H30N6O3. The Morgan fingerprint density at radius 2 is 2.10 bits per heavy atom. The number of aromatic nitrogens is 4. The standard InChI is InChI=1S/C22H30N6O3/c1-12-17(11-23-28(12)3)15-9-16(15)20(29)24-19-10-18(26-27-19)13-4-5-14(8-13)31-21(30)25-22(2)6-7-22/h10-11,13-16H,4-9H2,1-3H3,(H,25,30)(H2,24,26,27,29)/t13-,14+,15-,16-/m0/s1. The van der Waals surface area contributed by atoms with Gasteiger partial charge in [0.1, 0.15) is 6.10 Å². The summed E-state index contributed by atoms with van der Waals surface area (Å²) in [5, 5.41) is 17.5. The fourth-order valence-electron chi connectivity index (χ4n) is 4.61. The van der Waals surface area contributed by atoms with E-state index in [-0.39, 0.29) is 41.4 Å². The van der Waals surface area contributed by atoms with Crippen LogP contribution in [0.25, 0.3) is 0 Å². The number of carbonyl (C=O) groups excluding carboxylic acids is 2. The Morgan fingerprint density at radius 1 is 1.29 bits per heavy atom. The Kier molecular flexibility index (Phi) is 4.79. The van der Waals surface area contributed by atoms with Gasteiger partial charge in [-0.3, -0.25) is 14.6 Å². The first-order valence-electron chi connectivity index (χ1n) is 11.1. The normalized spacial score (nSPS) is 28.2. The number of ether oxygens (including phenoxy) is 1. The van der Waals surface area contributed by atoms with E-state index < -0.39 is 0 Å². The second-order valence-corrected chi connectivity index (χ2v) is 9.68. The van der Waals surface area contributed by atoms with E-state index in [0.717, 1.165) is 55.5 Å². The van der Waals surface area contributed by atoms with Crippen LogP contribution in [0.2, 0.25) is 0 Å². The van der Waals surface area contributed by atoms with Gasteiger partial charge in [-0.1, -0.05) is 0 Å². The first-order valence-corrected chi connectivity index (χ1v) is 11.1. The van der Waals surface area contributed by atoms with Gasteiger partial charge in [-0.05, 0) is 63.9 Å². The Bertz CT molecular complexity index is 1010. The Hall–Kier alpha value is -2.84. The number of nitrogens with zero attached hydrogens (tertiary/aromatic N) is 3. The summed E-state index contributed by atoms with van der Waals surface area (Å²) in [5.41, 5.74) is 3.18. The molecule has 2 heterocycles. The van der Waals surface area contributed by atoms with Gasteiger partial charge in [-0.15, -0.1) is 0 Å². The SMILES string of the molecule is Cc1c([C@H]2C[C@@H]2C(=O)Nc2cc([C@H]3CC[C@@H](OC(=O)NC4(C)CC4)C3)[nH]n2)cnn1C. The van der Waals surface area contributed by atoms with Crippen molar-refractivity contribution in [3.63, 3.8) is 0 Å². The van der Waals surface area contributed by atoms with Crippen molar-refractivity contribution in [2.45, 2.75) is 75.9 Å². The molecular weight excluding hydrogens is 396 g/mol. The first-order chi connectivity index (χ1) is 14.8. The predicted molar refractivity (Wildman–Crippen MR) is 114 cm³/mol. The van der Waals surface area contributed by atoms with Gasteiger partial charge in [0.05, 0.1) is 6.20 Å². The molecule has 4 atom stereocenters. The van der Waals surface area contributed by atoms with Crippen molar-refractivity contribution in [3.8, 4) is 0 Å². The molecule has 9 nitrogen and oxygen atoms in total. The summed E-state index contributed by atoms with van der Waals surface area (Å²) < 4.78 is 7.44. The van der Waals surface area contributed by atoms with E-state index in [1.54, 1.807) is 0 Å². The average Bonchev–Trinajstić information content (AvgIpc) is 3.48. The molecule has 0 spiro atoms. The summed E-state index contributed by atoms with van der Waals surface area (Å²) in [4.78, 5) is 24.7. The molecule has 5 rings (SSSR count). The van der Waals surface area contributed by atoms with Crippen molar-refractivity contribution in [1.29, 1.82) is 0 Å². The van der Waals surface area contributed by atoms with E-state index in [1.165, 1.54) is 0 Å². The molecule has 2 amide bonds. The second-order valence-electron chi connectivity index (χ2n) is 9.68. The number of aromatic amines is 1. The zero-order valence-corrected chi connectivity index (χ0v) is 18.3. The molecule has 31 heavy (non-hydrogen) atoms. The molecule has 2 aromatic rings. The van der Waals surface area contributed by atoms with Gasteiger partial charge in [-0.2, -0.15) is 10.2 Å². The minimum absolute atomic E-state index is 0.00387. The maximum absolute atomic E-state index is 12.6. The van der Waals surface area contributed by atoms with E-state index in [9.17, 15) is 9.59 Å². The lowest BCUT2D eigenvalue weighted by Crippen LogP contribution is -2.36. The summed E-state index contributed by atoms with van der Waals surface area (Å²) in [5.74, 6) is 1.02. The minimum atomic E-state index is -0.314. The molecule has 9 heteroatoms. The topological polar surface area (TPSA) is 114 Å². The fraction of sp³-hybridized carbons (Fsp3) is 0.636. The smallest absolute Gasteiger partial charge is 0.407 e. The lowest BCUT2D eigenvalue weighted by atomic mass is 10.0. The number of carbonyl (C=O) groups is 2. The molecule has 3 fully saturated rings. The average molecular weight is 427 g/mol. The van der Waals surface area contributed by atoms with Crippen LogP contribution >= 0.6 is 0 Å². The van der Waals surface area contributed by atoms with E-state index in [4.69, 9.17) is 4.74 Å². The van der Waals surface area contributed by atoms with E-state index >= 15 is 0 Å². The van der Waals surface area contributed by atoms with Gasteiger partial charge in [0.15, 0.2) is 5.82 Å². The third-order valence-electron chi connectivity index (χ3n) is 7.15. The molecule has 3 aliphatic carbocycles. The van der Waals surface area contributed by atoms with Crippen LogP contribution in [0, 0.1) is 12.8 Å². The van der Waals surface area contributed by atoms with Crippen molar-refractivity contribution in [1.82, 2.24) is 25.3 Å². The lowest BCUT2D eigenvalue weighted by Gasteiger charge is -2.16. The van der Waals surface area contributed by atoms with Gasteiger partial charge >= 0.3 is 6.09 Å². The van der Waals surface area contributed by atoms with Crippen LogP contribution in [0.15, 0.2) is 12.3 Å². The molecule has 3 aliphatic rings. The summed E-state index contributed by atoms with van der Waals surface area (Å²) in [6.07, 6.45) is 6.88. The van der Waals surface area contributed by atoms with Crippen LogP contribution in [0.3, 0.4) is 0 Å². The summed E-state index contributed by atoms with van der Waals surface area (Å²) in [7, 11) is 1.92. The highest BCUT2D eigenvalue weighted by Gasteiger charge is 2.45. The first kappa shape index (κ1) is 20.1. The number of amides is 2. The Balaban J connectivity index is 1.12. The van der Waals surface area contributed by atoms with Gasteiger partial charge < -0.3 is 15.4 Å². The van der Waals surface area contributed by atoms with Gasteiger partial charge in [-0.25, -0.2) is 4.79 Å². The minimum Gasteiger partial charge on any atom is -0.446 e. The van der Waals surface area contributed by atoms with Crippen LogP contribution in [0.1, 0.15) is 74.2 Å². The third-order valence-corrected chi connectivity index (χ3v) is 7.15. The van der Waals surface area contributed by atoms with Crippen molar-refractivity contribution < 1.29 is 14.3 Å². The second kappa shape index (κ2) is 7.39. The fourth-order valence-corrected chi connectivity index (χ4v) is 4.61. The molecule has 0 saturated heterocycles. The number of alkyl carbamates (subject to hydrolysis) is 1. The van der Waals surface area contributed by atoms with Crippen molar-refractivity contribution >= 4 is 17.8 Å². The number of anilines is 1. The number of rotatable bonds is 6. The Morgan fingerprint density at radius 3 is 2.81 bits per heavy atom. The maximum atomic E-state index is 12.6. The summed E-state index contributed by atoms with van der Waals surface area (Å²) in [6.45, 7) is 4.07. The number of aryl methyl sites for hydroxylation is 1. The lowest BCUT2D eigenvalue weighted by molar-refractivity contribution is -0.117. The van der Waals surface area contributed by atoms with E-state index in [1.807, 2.05) is 37.8 Å². The largest absolute Gasteiger partial charge is 0.446 e. The Labute approximate surface area is 181 Å². The molecule has 0 radical (unpaired) electrons. The van der Waals surface area contributed by atoms with E-state index in [0.29, 0.717) is 5.82 Å². The zero-order valence-electron chi connectivity index (χ0n) is 18.3. The van der Waals surface area contributed by atoms with Gasteiger partial charge in [0, 0.05) is 41.9 Å². The zero-order chi connectivity index (χ0) is 21.8. The highest BCUT2D eigenvalue weighted by atomic mass is 16.6. The van der Waals surface area contributed by atoms with Crippen molar-refractivity contribution in [2.24, 2.45) is 13.0 Å². The predicted octanol–water partition coefficient (Wildman–Crippen LogP) is 3.11. The number of hydrogen-bond acceptors (Lipinski definition) is 5. The molecule has 0 aromatic carbocycles. The van der Waals surface area contributed by atoms with Crippen LogP contribution < -0.4 is 10.6 Å². The molecule has 3 saturated carbocycles. The number of H-pyrrole nitrogens is 1. The highest BCUT2D eigenvalue weighted by molar-refractivity contribution is 5.94. The van der Waals surface area contributed by atoms with Crippen LogP contribution in [-0.4, -0.2) is 43.6 Å². The van der Waals surface area contributed by atoms with E-state index in [2.05, 4.69) is 25.9 Å². The van der Waals surface area contributed by atoms with Crippen molar-refractivity contribution in [3.05, 3.63) is 29.2 Å². The molecule has 166 valence electrons. The maximum Gasteiger partial charge on any atom is 0.407 e. The third kappa shape index (κ3) is 4.18. The van der Waals surface area contributed by atoms with Crippen LogP contribution in [-0.2, 0) is 16.6 Å².